The van der Waals surface area contributed by atoms with Gasteiger partial charge in [-0.05, 0) is 19.9 Å². The van der Waals surface area contributed by atoms with Crippen molar-refractivity contribution >= 4 is 5.69 Å². The van der Waals surface area contributed by atoms with Gasteiger partial charge >= 0.3 is 0 Å². The number of hydrogen-bond donors (Lipinski definition) is 1. The van der Waals surface area contributed by atoms with E-state index in [4.69, 9.17) is 5.73 Å². The third kappa shape index (κ3) is 2.65. The van der Waals surface area contributed by atoms with Gasteiger partial charge in [-0.15, -0.1) is 0 Å². The van der Waals surface area contributed by atoms with Crippen molar-refractivity contribution in [1.29, 1.82) is 0 Å². The second-order valence-electron chi connectivity index (χ2n) is 5.23. The van der Waals surface area contributed by atoms with E-state index in [9.17, 15) is 0 Å². The molecule has 2 N–H and O–H groups in total. The van der Waals surface area contributed by atoms with Crippen LogP contribution in [0.2, 0.25) is 0 Å². The average Bonchev–Trinajstić information content (AvgIpc) is 3.09. The molecule has 0 radical (unpaired) electrons. The Hall–Kier alpha value is -2.63. The van der Waals surface area contributed by atoms with E-state index in [1.165, 1.54) is 0 Å². The SMILES string of the molecule is CC(C)n1ncnc1Cn1cc(-c2ccccc2N)cn1. The van der Waals surface area contributed by atoms with E-state index in [0.717, 1.165) is 22.6 Å². The van der Waals surface area contributed by atoms with Crippen molar-refractivity contribution in [2.75, 3.05) is 5.73 Å². The van der Waals surface area contributed by atoms with Gasteiger partial charge < -0.3 is 5.73 Å². The molecular weight excluding hydrogens is 264 g/mol. The summed E-state index contributed by atoms with van der Waals surface area (Å²) in [6.07, 6.45) is 5.38. The number of para-hydroxylation sites is 1. The highest BCUT2D eigenvalue weighted by atomic mass is 15.4. The van der Waals surface area contributed by atoms with Crippen molar-refractivity contribution in [1.82, 2.24) is 24.5 Å². The van der Waals surface area contributed by atoms with Gasteiger partial charge in [0.05, 0.1) is 6.20 Å². The summed E-state index contributed by atoms with van der Waals surface area (Å²) in [6, 6.07) is 8.06. The highest BCUT2D eigenvalue weighted by Crippen LogP contribution is 2.24. The van der Waals surface area contributed by atoms with Gasteiger partial charge in [-0.25, -0.2) is 9.67 Å². The van der Waals surface area contributed by atoms with E-state index in [1.807, 2.05) is 46.0 Å². The molecule has 6 nitrogen and oxygen atoms in total. The topological polar surface area (TPSA) is 74.5 Å². The maximum absolute atomic E-state index is 6.00. The highest BCUT2D eigenvalue weighted by molar-refractivity contribution is 5.75. The fourth-order valence-electron chi connectivity index (χ4n) is 2.31. The number of aromatic nitrogens is 5. The first kappa shape index (κ1) is 13.4. The van der Waals surface area contributed by atoms with Crippen molar-refractivity contribution in [3.63, 3.8) is 0 Å². The molecule has 1 aromatic carbocycles. The molecular formula is C15H18N6. The van der Waals surface area contributed by atoms with Gasteiger partial charge in [0.1, 0.15) is 18.7 Å². The van der Waals surface area contributed by atoms with E-state index in [-0.39, 0.29) is 6.04 Å². The fourth-order valence-corrected chi connectivity index (χ4v) is 2.31. The lowest BCUT2D eigenvalue weighted by Gasteiger charge is -2.09. The lowest BCUT2D eigenvalue weighted by atomic mass is 10.1. The van der Waals surface area contributed by atoms with Crippen molar-refractivity contribution in [2.24, 2.45) is 0 Å². The molecule has 0 unspecified atom stereocenters. The molecule has 21 heavy (non-hydrogen) atoms. The highest BCUT2D eigenvalue weighted by Gasteiger charge is 2.10. The minimum atomic E-state index is 0.280. The molecule has 2 aromatic heterocycles. The van der Waals surface area contributed by atoms with Crippen LogP contribution in [-0.4, -0.2) is 24.5 Å². The first-order valence-electron chi connectivity index (χ1n) is 6.91. The summed E-state index contributed by atoms with van der Waals surface area (Å²) >= 11 is 0. The van der Waals surface area contributed by atoms with Crippen molar-refractivity contribution in [2.45, 2.75) is 26.4 Å². The van der Waals surface area contributed by atoms with Crippen LogP contribution < -0.4 is 5.73 Å². The van der Waals surface area contributed by atoms with Gasteiger partial charge in [0.15, 0.2) is 0 Å². The second-order valence-corrected chi connectivity index (χ2v) is 5.23. The molecule has 0 aliphatic carbocycles. The summed E-state index contributed by atoms with van der Waals surface area (Å²) in [5.41, 5.74) is 8.75. The maximum Gasteiger partial charge on any atom is 0.148 e. The number of anilines is 1. The average molecular weight is 282 g/mol. The van der Waals surface area contributed by atoms with Crippen LogP contribution in [0.3, 0.4) is 0 Å². The summed E-state index contributed by atoms with van der Waals surface area (Å²) in [4.78, 5) is 4.30. The largest absolute Gasteiger partial charge is 0.398 e. The third-order valence-corrected chi connectivity index (χ3v) is 3.34. The zero-order chi connectivity index (χ0) is 14.8. The molecule has 0 fully saturated rings. The van der Waals surface area contributed by atoms with Crippen LogP contribution >= 0.6 is 0 Å². The fraction of sp³-hybridized carbons (Fsp3) is 0.267. The summed E-state index contributed by atoms with van der Waals surface area (Å²) in [6.45, 7) is 4.75. The smallest absolute Gasteiger partial charge is 0.148 e. The quantitative estimate of drug-likeness (QED) is 0.745. The van der Waals surface area contributed by atoms with E-state index >= 15 is 0 Å². The van der Waals surface area contributed by atoms with Crippen LogP contribution in [-0.2, 0) is 6.54 Å². The Morgan fingerprint density at radius 3 is 2.76 bits per heavy atom. The van der Waals surface area contributed by atoms with E-state index in [2.05, 4.69) is 29.0 Å². The van der Waals surface area contributed by atoms with E-state index in [0.29, 0.717) is 6.54 Å². The number of hydrogen-bond acceptors (Lipinski definition) is 4. The first-order valence-corrected chi connectivity index (χ1v) is 6.91. The minimum Gasteiger partial charge on any atom is -0.398 e. The van der Waals surface area contributed by atoms with Crippen LogP contribution in [0, 0.1) is 0 Å². The zero-order valence-corrected chi connectivity index (χ0v) is 12.1. The summed E-state index contributed by atoms with van der Waals surface area (Å²) in [5, 5.41) is 8.62. The monoisotopic (exact) mass is 282 g/mol. The Morgan fingerprint density at radius 1 is 1.19 bits per heavy atom. The van der Waals surface area contributed by atoms with Gasteiger partial charge in [-0.3, -0.25) is 4.68 Å². The van der Waals surface area contributed by atoms with Gasteiger partial charge in [-0.2, -0.15) is 10.2 Å². The lowest BCUT2D eigenvalue weighted by molar-refractivity contribution is 0.488. The normalized spacial score (nSPS) is 11.2. The Labute approximate surface area is 123 Å². The molecule has 0 amide bonds. The molecule has 0 saturated carbocycles. The molecule has 0 bridgehead atoms. The Bertz CT molecular complexity index is 740. The van der Waals surface area contributed by atoms with Crippen molar-refractivity contribution in [3.8, 4) is 11.1 Å². The molecule has 6 heteroatoms. The van der Waals surface area contributed by atoms with Gasteiger partial charge in [0, 0.05) is 29.1 Å². The summed E-state index contributed by atoms with van der Waals surface area (Å²) in [5.74, 6) is 0.890. The second kappa shape index (κ2) is 5.40. The molecule has 3 rings (SSSR count). The standard InChI is InChI=1S/C15H18N6/c1-11(2)21-15(17-10-19-21)9-20-8-12(7-18-20)13-5-3-4-6-14(13)16/h3-8,10-11H,9,16H2,1-2H3. The predicted octanol–water partition coefficient (Wildman–Crippen LogP) is 2.35. The molecule has 3 aromatic rings. The van der Waals surface area contributed by atoms with E-state index in [1.54, 1.807) is 6.33 Å². The van der Waals surface area contributed by atoms with Crippen LogP contribution in [0.1, 0.15) is 25.7 Å². The van der Waals surface area contributed by atoms with Crippen molar-refractivity contribution < 1.29 is 0 Å². The van der Waals surface area contributed by atoms with Gasteiger partial charge in [-0.1, -0.05) is 18.2 Å². The first-order chi connectivity index (χ1) is 10.1. The number of benzene rings is 1. The number of nitrogen functional groups attached to an aromatic ring is 1. The Kier molecular flexibility index (Phi) is 3.43. The minimum absolute atomic E-state index is 0.280. The molecule has 0 aliphatic rings. The number of nitrogens with zero attached hydrogens (tertiary/aromatic N) is 5. The third-order valence-electron chi connectivity index (χ3n) is 3.34. The zero-order valence-electron chi connectivity index (χ0n) is 12.1. The molecule has 0 spiro atoms. The lowest BCUT2D eigenvalue weighted by Crippen LogP contribution is -2.12. The number of rotatable bonds is 4. The molecule has 2 heterocycles. The van der Waals surface area contributed by atoms with E-state index < -0.39 is 0 Å². The summed E-state index contributed by atoms with van der Waals surface area (Å²) in [7, 11) is 0. The number of nitrogens with two attached hydrogens (primary N) is 1. The van der Waals surface area contributed by atoms with Crippen molar-refractivity contribution in [3.05, 3.63) is 48.8 Å². The summed E-state index contributed by atoms with van der Waals surface area (Å²) < 4.78 is 3.75. The molecule has 108 valence electrons. The van der Waals surface area contributed by atoms with Crippen LogP contribution in [0.4, 0.5) is 5.69 Å². The van der Waals surface area contributed by atoms with Gasteiger partial charge in [0.25, 0.3) is 0 Å². The molecule has 0 aliphatic heterocycles. The maximum atomic E-state index is 6.00. The van der Waals surface area contributed by atoms with Crippen LogP contribution in [0.25, 0.3) is 11.1 Å². The predicted molar refractivity (Wildman–Crippen MR) is 81.6 cm³/mol. The Balaban J connectivity index is 1.86. The van der Waals surface area contributed by atoms with Crippen LogP contribution in [0.5, 0.6) is 0 Å². The van der Waals surface area contributed by atoms with Gasteiger partial charge in [0.2, 0.25) is 0 Å². The van der Waals surface area contributed by atoms with Crippen LogP contribution in [0.15, 0.2) is 43.0 Å². The molecule has 0 atom stereocenters. The molecule has 0 saturated heterocycles. The Morgan fingerprint density at radius 2 is 2.00 bits per heavy atom.